The molecule has 0 spiro atoms. The number of aromatic amines is 2. The Morgan fingerprint density at radius 3 is 2.74 bits per heavy atom. The molecule has 1 aromatic carbocycles. The second-order valence-electron chi connectivity index (χ2n) is 8.64. The maximum absolute atomic E-state index is 4.68. The highest BCUT2D eigenvalue weighted by molar-refractivity contribution is 7.13. The molecule has 176 valence electrons. The van der Waals surface area contributed by atoms with Crippen LogP contribution in [0.4, 0.5) is 0 Å². The lowest BCUT2D eigenvalue weighted by molar-refractivity contribution is 0.724. The van der Waals surface area contributed by atoms with Gasteiger partial charge in [0.2, 0.25) is 0 Å². The summed E-state index contributed by atoms with van der Waals surface area (Å²) in [7, 11) is 0. The van der Waals surface area contributed by atoms with Crippen molar-refractivity contribution in [3.63, 3.8) is 0 Å². The van der Waals surface area contributed by atoms with Gasteiger partial charge >= 0.3 is 0 Å². The molecule has 0 fully saturated rings. The molecule has 0 unspecified atom stereocenters. The Balaban J connectivity index is 1.55. The summed E-state index contributed by atoms with van der Waals surface area (Å²) in [5.74, 6) is 0. The van der Waals surface area contributed by atoms with E-state index in [0.717, 1.165) is 57.8 Å². The van der Waals surface area contributed by atoms with Crippen LogP contribution in [0.3, 0.4) is 0 Å². The van der Waals surface area contributed by atoms with E-state index in [0.29, 0.717) is 0 Å². The summed E-state index contributed by atoms with van der Waals surface area (Å²) in [4.78, 5) is 10.6. The molecule has 5 nitrogen and oxygen atoms in total. The third-order valence-electron chi connectivity index (χ3n) is 6.12. The molecule has 0 radical (unpaired) electrons. The number of benzene rings is 1. The number of rotatable bonds is 8. The van der Waals surface area contributed by atoms with Gasteiger partial charge in [-0.15, -0.1) is 11.3 Å². The van der Waals surface area contributed by atoms with Crippen molar-refractivity contribution in [3.8, 4) is 22.5 Å². The van der Waals surface area contributed by atoms with Crippen LogP contribution in [-0.4, -0.2) is 26.7 Å². The van der Waals surface area contributed by atoms with Gasteiger partial charge in [0.15, 0.2) is 0 Å². The van der Waals surface area contributed by atoms with Crippen LogP contribution in [0.25, 0.3) is 39.0 Å². The molecule has 6 heteroatoms. The summed E-state index contributed by atoms with van der Waals surface area (Å²) in [6, 6.07) is 15.1. The van der Waals surface area contributed by atoms with Gasteiger partial charge in [-0.25, -0.2) is 0 Å². The van der Waals surface area contributed by atoms with Crippen LogP contribution in [0.5, 0.6) is 0 Å². The molecule has 5 rings (SSSR count). The number of thiophene rings is 1. The minimum absolute atomic E-state index is 0.811. The highest BCUT2D eigenvalue weighted by atomic mass is 32.1. The number of hydrogen-bond acceptors (Lipinski definition) is 4. The summed E-state index contributed by atoms with van der Waals surface area (Å²) in [6.07, 6.45) is 7.77. The van der Waals surface area contributed by atoms with Crippen LogP contribution in [0.2, 0.25) is 0 Å². The van der Waals surface area contributed by atoms with Crippen LogP contribution in [-0.2, 0) is 6.54 Å². The van der Waals surface area contributed by atoms with Crippen molar-refractivity contribution in [2.24, 2.45) is 0 Å². The van der Waals surface area contributed by atoms with E-state index in [1.165, 1.54) is 20.9 Å². The summed E-state index contributed by atoms with van der Waals surface area (Å²) >= 11 is 1.79. The largest absolute Gasteiger partial charge is 0.357 e. The third kappa shape index (κ3) is 4.63. The Kier molecular flexibility index (Phi) is 6.49. The first-order valence-corrected chi connectivity index (χ1v) is 12.6. The van der Waals surface area contributed by atoms with Gasteiger partial charge in [0, 0.05) is 56.5 Å². The number of nitrogens with zero attached hydrogens (tertiary/aromatic N) is 2. The lowest BCUT2D eigenvalue weighted by Crippen LogP contribution is -2.11. The van der Waals surface area contributed by atoms with Gasteiger partial charge in [0.25, 0.3) is 0 Å². The minimum atomic E-state index is 0.811. The SMILES string of the molecule is C=C/C=C(/c1ccc(C)s1)c1cc(-c2n[nH]c3ccc(-c4cncc(CNCC)c4)cc23)[nH]c1C. The van der Waals surface area contributed by atoms with E-state index in [4.69, 9.17) is 0 Å². The Bertz CT molecular complexity index is 1530. The van der Waals surface area contributed by atoms with Crippen LogP contribution < -0.4 is 5.32 Å². The standard InChI is InChI=1S/C29H29N5S/c1-5-7-23(28-11-8-18(3)35-28)24-14-27(32-19(24)4)29-25-13-21(9-10-26(25)33-34-29)22-12-20(15-30-6-2)16-31-17-22/h5,7-14,16-17,30,32H,1,6,15H2,2-4H3,(H,33,34)/b23-7+. The van der Waals surface area contributed by atoms with E-state index in [1.807, 2.05) is 18.5 Å². The second kappa shape index (κ2) is 9.86. The first-order valence-electron chi connectivity index (χ1n) is 11.8. The Morgan fingerprint density at radius 2 is 1.97 bits per heavy atom. The third-order valence-corrected chi connectivity index (χ3v) is 7.15. The highest BCUT2D eigenvalue weighted by Crippen LogP contribution is 2.36. The summed E-state index contributed by atoms with van der Waals surface area (Å²) in [6.45, 7) is 12.0. The predicted molar refractivity (Wildman–Crippen MR) is 148 cm³/mol. The molecule has 0 atom stereocenters. The van der Waals surface area contributed by atoms with E-state index < -0.39 is 0 Å². The van der Waals surface area contributed by atoms with Gasteiger partial charge in [0.1, 0.15) is 5.69 Å². The van der Waals surface area contributed by atoms with E-state index in [9.17, 15) is 0 Å². The first kappa shape index (κ1) is 23.0. The number of H-pyrrole nitrogens is 2. The maximum atomic E-state index is 4.68. The van der Waals surface area contributed by atoms with E-state index in [1.54, 1.807) is 11.3 Å². The summed E-state index contributed by atoms with van der Waals surface area (Å²) < 4.78 is 0. The van der Waals surface area contributed by atoms with Gasteiger partial charge in [0.05, 0.1) is 11.2 Å². The number of aromatic nitrogens is 4. The number of allylic oxidation sites excluding steroid dienone is 2. The molecule has 4 aromatic heterocycles. The van der Waals surface area contributed by atoms with Crippen LogP contribution >= 0.6 is 11.3 Å². The van der Waals surface area contributed by atoms with Crippen molar-refractivity contribution in [1.29, 1.82) is 0 Å². The van der Waals surface area contributed by atoms with Crippen molar-refractivity contribution >= 4 is 27.8 Å². The highest BCUT2D eigenvalue weighted by Gasteiger charge is 2.17. The van der Waals surface area contributed by atoms with Crippen LogP contribution in [0.15, 0.2) is 73.6 Å². The van der Waals surface area contributed by atoms with Gasteiger partial charge in [-0.2, -0.15) is 5.10 Å². The fourth-order valence-electron chi connectivity index (χ4n) is 4.38. The monoisotopic (exact) mass is 479 g/mol. The topological polar surface area (TPSA) is 69.4 Å². The second-order valence-corrected chi connectivity index (χ2v) is 9.93. The number of pyridine rings is 1. The number of fused-ring (bicyclic) bond motifs is 1. The lowest BCUT2D eigenvalue weighted by Gasteiger charge is -2.06. The molecular weight excluding hydrogens is 450 g/mol. The van der Waals surface area contributed by atoms with E-state index in [-0.39, 0.29) is 0 Å². The van der Waals surface area contributed by atoms with Gasteiger partial charge in [-0.1, -0.05) is 31.7 Å². The van der Waals surface area contributed by atoms with Crippen molar-refractivity contribution in [1.82, 2.24) is 25.5 Å². The fourth-order valence-corrected chi connectivity index (χ4v) is 5.28. The normalized spacial score (nSPS) is 11.9. The Hall–Kier alpha value is -3.74. The lowest BCUT2D eigenvalue weighted by atomic mass is 10.0. The zero-order valence-electron chi connectivity index (χ0n) is 20.3. The average Bonchev–Trinajstić information content (AvgIpc) is 3.59. The molecule has 0 saturated carbocycles. The van der Waals surface area contributed by atoms with Crippen LogP contribution in [0, 0.1) is 13.8 Å². The molecule has 0 saturated heterocycles. The predicted octanol–water partition coefficient (Wildman–Crippen LogP) is 7.03. The molecule has 3 N–H and O–H groups in total. The molecule has 0 bridgehead atoms. The summed E-state index contributed by atoms with van der Waals surface area (Å²) in [5, 5.41) is 12.3. The van der Waals surface area contributed by atoms with Crippen molar-refractivity contribution < 1.29 is 0 Å². The molecule has 4 heterocycles. The van der Waals surface area contributed by atoms with Gasteiger partial charge < -0.3 is 10.3 Å². The molecule has 35 heavy (non-hydrogen) atoms. The molecule has 0 aliphatic heterocycles. The quantitative estimate of drug-likeness (QED) is 0.209. The molecule has 5 aromatic rings. The molecule has 0 amide bonds. The molecular formula is C29H29N5S. The van der Waals surface area contributed by atoms with Gasteiger partial charge in [-0.05, 0) is 67.9 Å². The smallest absolute Gasteiger partial charge is 0.116 e. The maximum Gasteiger partial charge on any atom is 0.116 e. The average molecular weight is 480 g/mol. The zero-order chi connectivity index (χ0) is 24.4. The number of hydrogen-bond donors (Lipinski definition) is 3. The van der Waals surface area contributed by atoms with E-state index in [2.05, 4.69) is 101 Å². The minimum Gasteiger partial charge on any atom is -0.357 e. The fraction of sp³-hybridized carbons (Fsp3) is 0.172. The number of aryl methyl sites for hydroxylation is 2. The Morgan fingerprint density at radius 1 is 1.09 bits per heavy atom. The van der Waals surface area contributed by atoms with E-state index >= 15 is 0 Å². The van der Waals surface area contributed by atoms with Crippen molar-refractivity contribution in [3.05, 3.63) is 100 Å². The summed E-state index contributed by atoms with van der Waals surface area (Å²) in [5.41, 5.74) is 9.73. The number of nitrogens with one attached hydrogen (secondary N) is 3. The van der Waals surface area contributed by atoms with Gasteiger partial charge in [-0.3, -0.25) is 10.1 Å². The van der Waals surface area contributed by atoms with Crippen molar-refractivity contribution in [2.75, 3.05) is 6.54 Å². The molecule has 0 aliphatic carbocycles. The van der Waals surface area contributed by atoms with Crippen LogP contribution in [0.1, 0.15) is 33.5 Å². The van der Waals surface area contributed by atoms with Crippen molar-refractivity contribution in [2.45, 2.75) is 27.3 Å². The Labute approximate surface area is 209 Å². The first-order chi connectivity index (χ1) is 17.1. The molecule has 0 aliphatic rings. The zero-order valence-corrected chi connectivity index (χ0v) is 21.1.